The quantitative estimate of drug-likeness (QED) is 0.746. The van der Waals surface area contributed by atoms with E-state index in [1.54, 1.807) is 6.07 Å². The van der Waals surface area contributed by atoms with Crippen molar-refractivity contribution in [1.82, 2.24) is 0 Å². The number of carbonyl (C=O) groups is 1. The summed E-state index contributed by atoms with van der Waals surface area (Å²) in [6.45, 7) is 6.69. The molecular weight excluding hydrogens is 275 g/mol. The highest BCUT2D eigenvalue weighted by molar-refractivity contribution is 6.30. The Bertz CT molecular complexity index is 504. The van der Waals surface area contributed by atoms with Crippen LogP contribution < -0.4 is 0 Å². The lowest BCUT2D eigenvalue weighted by Crippen LogP contribution is -2.33. The number of rotatable bonds is 2. The summed E-state index contributed by atoms with van der Waals surface area (Å²) in [5.74, 6) is 0.497. The van der Waals surface area contributed by atoms with E-state index in [-0.39, 0.29) is 16.4 Å². The van der Waals surface area contributed by atoms with Crippen molar-refractivity contribution in [3.63, 3.8) is 0 Å². The first kappa shape index (κ1) is 15.5. The van der Waals surface area contributed by atoms with Crippen molar-refractivity contribution in [2.24, 2.45) is 17.3 Å². The Morgan fingerprint density at radius 2 is 2.05 bits per heavy atom. The van der Waals surface area contributed by atoms with Crippen molar-refractivity contribution in [3.05, 3.63) is 34.6 Å². The van der Waals surface area contributed by atoms with Crippen molar-refractivity contribution in [2.75, 3.05) is 0 Å². The maximum Gasteiger partial charge on any atom is 0.142 e. The molecule has 1 aromatic carbocycles. The Morgan fingerprint density at radius 1 is 1.35 bits per heavy atom. The summed E-state index contributed by atoms with van der Waals surface area (Å²) in [5.41, 5.74) is 1.09. The molecule has 0 amide bonds. The Hall–Kier alpha value is -0.890. The molecule has 0 saturated heterocycles. The predicted molar refractivity (Wildman–Crippen MR) is 80.4 cm³/mol. The van der Waals surface area contributed by atoms with Crippen LogP contribution >= 0.6 is 11.6 Å². The van der Waals surface area contributed by atoms with Gasteiger partial charge in [-0.1, -0.05) is 38.4 Å². The van der Waals surface area contributed by atoms with E-state index >= 15 is 0 Å². The van der Waals surface area contributed by atoms with Gasteiger partial charge in [0, 0.05) is 12.3 Å². The number of hydrogen-bond acceptors (Lipinski definition) is 1. The Kier molecular flexibility index (Phi) is 4.53. The lowest BCUT2D eigenvalue weighted by Gasteiger charge is -2.37. The van der Waals surface area contributed by atoms with Crippen LogP contribution in [0.4, 0.5) is 4.39 Å². The number of Topliss-reactive ketones (excluding diaryl/α,β-unsaturated/α-hetero) is 1. The normalized spacial score (nSPS) is 23.9. The molecule has 20 heavy (non-hydrogen) atoms. The molecule has 2 atom stereocenters. The van der Waals surface area contributed by atoms with E-state index < -0.39 is 5.82 Å². The molecule has 0 radical (unpaired) electrons. The van der Waals surface area contributed by atoms with Gasteiger partial charge in [0.2, 0.25) is 0 Å². The van der Waals surface area contributed by atoms with Crippen LogP contribution in [-0.4, -0.2) is 5.78 Å². The number of benzene rings is 1. The van der Waals surface area contributed by atoms with Gasteiger partial charge in [-0.25, -0.2) is 4.39 Å². The van der Waals surface area contributed by atoms with Gasteiger partial charge in [0.15, 0.2) is 0 Å². The standard InChI is InChI=1S/C17H22ClFO/c1-17(2,3)13-5-7-16(20)12(10-13)8-11-4-6-14(18)15(19)9-11/h4,6,9,12-13H,5,7-8,10H2,1-3H3. The highest BCUT2D eigenvalue weighted by Crippen LogP contribution is 2.40. The molecular formula is C17H22ClFO. The predicted octanol–water partition coefficient (Wildman–Crippen LogP) is 5.05. The van der Waals surface area contributed by atoms with Crippen LogP contribution in [0.5, 0.6) is 0 Å². The van der Waals surface area contributed by atoms with E-state index in [1.807, 2.05) is 6.07 Å². The lowest BCUT2D eigenvalue weighted by atomic mass is 9.67. The summed E-state index contributed by atoms with van der Waals surface area (Å²) >= 11 is 5.69. The highest BCUT2D eigenvalue weighted by atomic mass is 35.5. The highest BCUT2D eigenvalue weighted by Gasteiger charge is 2.34. The average Bonchev–Trinajstić information content (AvgIpc) is 2.35. The Labute approximate surface area is 125 Å². The van der Waals surface area contributed by atoms with Gasteiger partial charge in [-0.2, -0.15) is 0 Å². The zero-order chi connectivity index (χ0) is 14.9. The lowest BCUT2D eigenvalue weighted by molar-refractivity contribution is -0.126. The van der Waals surface area contributed by atoms with Crippen LogP contribution in [0.15, 0.2) is 18.2 Å². The molecule has 1 aromatic rings. The summed E-state index contributed by atoms with van der Waals surface area (Å²) in [6, 6.07) is 4.84. The van der Waals surface area contributed by atoms with Gasteiger partial charge in [-0.15, -0.1) is 0 Å². The van der Waals surface area contributed by atoms with E-state index in [0.717, 1.165) is 18.4 Å². The fourth-order valence-corrected chi connectivity index (χ4v) is 3.17. The molecule has 0 bridgehead atoms. The first-order valence-corrected chi connectivity index (χ1v) is 7.62. The number of ketones is 1. The summed E-state index contributed by atoms with van der Waals surface area (Å²) < 4.78 is 13.5. The molecule has 0 N–H and O–H groups in total. The van der Waals surface area contributed by atoms with Gasteiger partial charge in [0.1, 0.15) is 11.6 Å². The minimum Gasteiger partial charge on any atom is -0.299 e. The Morgan fingerprint density at radius 3 is 2.65 bits per heavy atom. The van der Waals surface area contributed by atoms with Crippen LogP contribution in [0.3, 0.4) is 0 Å². The molecule has 2 rings (SSSR count). The number of carbonyl (C=O) groups excluding carboxylic acids is 1. The van der Waals surface area contributed by atoms with Crippen LogP contribution in [0.1, 0.15) is 45.6 Å². The fourth-order valence-electron chi connectivity index (χ4n) is 3.05. The number of hydrogen-bond donors (Lipinski definition) is 0. The molecule has 1 nitrogen and oxygen atoms in total. The third kappa shape index (κ3) is 3.60. The largest absolute Gasteiger partial charge is 0.299 e. The van der Waals surface area contributed by atoms with Crippen molar-refractivity contribution in [3.8, 4) is 0 Å². The molecule has 1 saturated carbocycles. The van der Waals surface area contributed by atoms with Crippen LogP contribution in [0.2, 0.25) is 5.02 Å². The Balaban J connectivity index is 2.10. The molecule has 0 aromatic heterocycles. The molecule has 0 heterocycles. The van der Waals surface area contributed by atoms with Crippen molar-refractivity contribution in [2.45, 2.75) is 46.5 Å². The molecule has 0 aliphatic heterocycles. The van der Waals surface area contributed by atoms with E-state index in [1.165, 1.54) is 6.07 Å². The van der Waals surface area contributed by atoms with Gasteiger partial charge < -0.3 is 0 Å². The van der Waals surface area contributed by atoms with Crippen LogP contribution in [0, 0.1) is 23.1 Å². The van der Waals surface area contributed by atoms with Gasteiger partial charge >= 0.3 is 0 Å². The fraction of sp³-hybridized carbons (Fsp3) is 0.588. The maximum atomic E-state index is 13.5. The first-order chi connectivity index (χ1) is 9.27. The third-order valence-electron chi connectivity index (χ3n) is 4.45. The van der Waals surface area contributed by atoms with E-state index in [4.69, 9.17) is 11.6 Å². The molecule has 3 heteroatoms. The van der Waals surface area contributed by atoms with E-state index in [2.05, 4.69) is 20.8 Å². The zero-order valence-electron chi connectivity index (χ0n) is 12.4. The van der Waals surface area contributed by atoms with Gasteiger partial charge in [-0.3, -0.25) is 4.79 Å². The van der Waals surface area contributed by atoms with Gasteiger partial charge in [0.25, 0.3) is 0 Å². The maximum absolute atomic E-state index is 13.5. The molecule has 1 fully saturated rings. The van der Waals surface area contributed by atoms with E-state index in [9.17, 15) is 9.18 Å². The zero-order valence-corrected chi connectivity index (χ0v) is 13.1. The second-order valence-corrected chi connectivity index (χ2v) is 7.36. The smallest absolute Gasteiger partial charge is 0.142 e. The summed E-state index contributed by atoms with van der Waals surface area (Å²) in [4.78, 5) is 12.1. The summed E-state index contributed by atoms with van der Waals surface area (Å²) in [5, 5.41) is 0.135. The molecule has 1 aliphatic rings. The minimum absolute atomic E-state index is 0.0218. The SMILES string of the molecule is CC(C)(C)C1CCC(=O)C(Cc2ccc(Cl)c(F)c2)C1. The third-order valence-corrected chi connectivity index (χ3v) is 4.76. The van der Waals surface area contributed by atoms with Crippen molar-refractivity contribution in [1.29, 1.82) is 0 Å². The van der Waals surface area contributed by atoms with E-state index in [0.29, 0.717) is 24.5 Å². The van der Waals surface area contributed by atoms with Crippen molar-refractivity contribution < 1.29 is 9.18 Å². The minimum atomic E-state index is -0.403. The van der Waals surface area contributed by atoms with Crippen LogP contribution in [-0.2, 0) is 11.2 Å². The second kappa shape index (κ2) is 5.85. The summed E-state index contributed by atoms with van der Waals surface area (Å²) in [6.07, 6.45) is 3.17. The molecule has 110 valence electrons. The first-order valence-electron chi connectivity index (χ1n) is 7.24. The monoisotopic (exact) mass is 296 g/mol. The topological polar surface area (TPSA) is 17.1 Å². The molecule has 2 unspecified atom stereocenters. The number of halogens is 2. The second-order valence-electron chi connectivity index (χ2n) is 6.95. The summed E-state index contributed by atoms with van der Waals surface area (Å²) in [7, 11) is 0. The van der Waals surface area contributed by atoms with Crippen LogP contribution in [0.25, 0.3) is 0 Å². The molecule has 0 spiro atoms. The van der Waals surface area contributed by atoms with Gasteiger partial charge in [-0.05, 0) is 48.3 Å². The van der Waals surface area contributed by atoms with Gasteiger partial charge in [0.05, 0.1) is 5.02 Å². The van der Waals surface area contributed by atoms with Crippen molar-refractivity contribution >= 4 is 17.4 Å². The average molecular weight is 297 g/mol. The molecule has 1 aliphatic carbocycles.